The molecule has 0 spiro atoms. The van der Waals surface area contributed by atoms with Crippen LogP contribution in [0.2, 0.25) is 0 Å². The summed E-state index contributed by atoms with van der Waals surface area (Å²) in [6.45, 7) is 0.739. The average molecular weight is 455 g/mol. The van der Waals surface area contributed by atoms with Crippen LogP contribution in [0.3, 0.4) is 0 Å². The molecule has 0 unspecified atom stereocenters. The fraction of sp³-hybridized carbons (Fsp3) is 0.125. The Labute approximate surface area is 153 Å². The second-order valence-electron chi connectivity index (χ2n) is 5.23. The zero-order valence-corrected chi connectivity index (χ0v) is 15.3. The molecule has 1 aromatic carbocycles. The molecule has 0 bridgehead atoms. The summed E-state index contributed by atoms with van der Waals surface area (Å²) in [4.78, 5) is 19.6. The van der Waals surface area contributed by atoms with Crippen LogP contribution in [0.25, 0.3) is 6.08 Å². The van der Waals surface area contributed by atoms with Crippen LogP contribution >= 0.6 is 33.9 Å². The number of hydrogen-bond donors (Lipinski definition) is 0. The van der Waals surface area contributed by atoms with Gasteiger partial charge in [0.15, 0.2) is 8.57 Å². The van der Waals surface area contributed by atoms with Crippen molar-refractivity contribution in [3.05, 3.63) is 71.4 Å². The first kappa shape index (κ1) is 15.6. The molecule has 0 atom stereocenters. The average Bonchev–Trinajstić information content (AvgIpc) is 3.11. The Morgan fingerprint density at radius 1 is 1.33 bits per heavy atom. The van der Waals surface area contributed by atoms with Gasteiger partial charge < -0.3 is 9.32 Å². The second kappa shape index (κ2) is 6.17. The molecule has 0 amide bonds. The van der Waals surface area contributed by atoms with Gasteiger partial charge in [0.1, 0.15) is 24.9 Å². The number of rotatable bonds is 2. The van der Waals surface area contributed by atoms with Gasteiger partial charge >= 0.3 is 0 Å². The number of aromatic nitrogens is 1. The third-order valence-electron chi connectivity index (χ3n) is 3.62. The van der Waals surface area contributed by atoms with Crippen molar-refractivity contribution >= 4 is 45.7 Å². The lowest BCUT2D eigenvalue weighted by Gasteiger charge is -2.25. The molecule has 122 valence electrons. The SMILES string of the molecule is O=c1c(=Cc2ccc(I)o2)sc2n1CN(c1cccc(F)c1)CN=2. The molecule has 3 aromatic rings. The van der Waals surface area contributed by atoms with Gasteiger partial charge in [0, 0.05) is 11.8 Å². The molecule has 5 nitrogen and oxygen atoms in total. The number of furan rings is 1. The van der Waals surface area contributed by atoms with Crippen LogP contribution < -0.4 is 19.8 Å². The summed E-state index contributed by atoms with van der Waals surface area (Å²) in [6, 6.07) is 9.95. The predicted molar refractivity (Wildman–Crippen MR) is 98.1 cm³/mol. The van der Waals surface area contributed by atoms with Gasteiger partial charge in [-0.05, 0) is 52.9 Å². The van der Waals surface area contributed by atoms with Crippen LogP contribution in [0.5, 0.6) is 0 Å². The van der Waals surface area contributed by atoms with Crippen molar-refractivity contribution < 1.29 is 8.81 Å². The summed E-state index contributed by atoms with van der Waals surface area (Å²) < 4.78 is 21.8. The van der Waals surface area contributed by atoms with Crippen LogP contribution in [-0.4, -0.2) is 11.2 Å². The van der Waals surface area contributed by atoms with Gasteiger partial charge in [-0.3, -0.25) is 9.36 Å². The van der Waals surface area contributed by atoms with E-state index in [4.69, 9.17) is 4.42 Å². The highest BCUT2D eigenvalue weighted by atomic mass is 127. The van der Waals surface area contributed by atoms with E-state index >= 15 is 0 Å². The number of nitrogens with zero attached hydrogens (tertiary/aromatic N) is 3. The molecule has 0 radical (unpaired) electrons. The first-order chi connectivity index (χ1) is 11.6. The summed E-state index contributed by atoms with van der Waals surface area (Å²) in [7, 11) is 0. The maximum atomic E-state index is 13.4. The Hall–Kier alpha value is -1.94. The zero-order chi connectivity index (χ0) is 16.7. The number of benzene rings is 1. The van der Waals surface area contributed by atoms with Gasteiger partial charge in [0.05, 0.1) is 4.53 Å². The number of thiazole rings is 1. The standard InChI is InChI=1S/C16H11FIN3O2S/c17-10-2-1-3-11(6-10)20-8-19-16-21(9-20)15(22)13(24-16)7-12-4-5-14(18)23-12/h1-7H,8-9H2. The molecular formula is C16H11FIN3O2S. The van der Waals surface area contributed by atoms with Crippen molar-refractivity contribution in [3.63, 3.8) is 0 Å². The Kier molecular flexibility index (Phi) is 4.01. The molecule has 3 heterocycles. The number of hydrogen-bond acceptors (Lipinski definition) is 5. The Bertz CT molecular complexity index is 1090. The molecule has 0 saturated heterocycles. The summed E-state index contributed by atoms with van der Waals surface area (Å²) in [6.07, 6.45) is 1.72. The third kappa shape index (κ3) is 2.91. The lowest BCUT2D eigenvalue weighted by molar-refractivity contribution is 0.528. The lowest BCUT2D eigenvalue weighted by Crippen LogP contribution is -2.42. The van der Waals surface area contributed by atoms with E-state index in [0.29, 0.717) is 34.1 Å². The summed E-state index contributed by atoms with van der Waals surface area (Å²) >= 11 is 3.41. The Morgan fingerprint density at radius 3 is 2.96 bits per heavy atom. The van der Waals surface area contributed by atoms with E-state index in [0.717, 1.165) is 3.77 Å². The molecule has 1 aliphatic rings. The topological polar surface area (TPSA) is 50.7 Å². The first-order valence-corrected chi connectivity index (χ1v) is 9.01. The number of halogens is 2. The predicted octanol–water partition coefficient (Wildman–Crippen LogP) is 2.13. The molecule has 0 fully saturated rings. The van der Waals surface area contributed by atoms with E-state index in [1.54, 1.807) is 22.8 Å². The molecule has 0 saturated carbocycles. The normalized spacial score (nSPS) is 14.6. The molecule has 2 aromatic heterocycles. The van der Waals surface area contributed by atoms with Gasteiger partial charge in [0.2, 0.25) is 0 Å². The minimum absolute atomic E-state index is 0.119. The maximum absolute atomic E-state index is 13.4. The molecular weight excluding hydrogens is 444 g/mol. The van der Waals surface area contributed by atoms with Crippen molar-refractivity contribution in [2.45, 2.75) is 6.67 Å². The molecule has 0 aliphatic carbocycles. The Balaban J connectivity index is 1.73. The van der Waals surface area contributed by atoms with Crippen LogP contribution in [0, 0.1) is 9.58 Å². The first-order valence-electron chi connectivity index (χ1n) is 7.12. The molecule has 24 heavy (non-hydrogen) atoms. The van der Waals surface area contributed by atoms with Crippen LogP contribution in [-0.2, 0) is 6.67 Å². The van der Waals surface area contributed by atoms with E-state index in [9.17, 15) is 9.18 Å². The molecule has 8 heteroatoms. The molecule has 1 aliphatic heterocycles. The highest BCUT2D eigenvalue weighted by molar-refractivity contribution is 14.1. The van der Waals surface area contributed by atoms with E-state index in [1.165, 1.54) is 23.5 Å². The maximum Gasteiger partial charge on any atom is 0.271 e. The van der Waals surface area contributed by atoms with E-state index < -0.39 is 0 Å². The quantitative estimate of drug-likeness (QED) is 0.557. The van der Waals surface area contributed by atoms with Gasteiger partial charge in [-0.25, -0.2) is 9.38 Å². The van der Waals surface area contributed by atoms with Crippen molar-refractivity contribution in [3.8, 4) is 0 Å². The largest absolute Gasteiger partial charge is 0.451 e. The van der Waals surface area contributed by atoms with E-state index in [-0.39, 0.29) is 11.4 Å². The fourth-order valence-corrected chi connectivity index (χ4v) is 3.86. The van der Waals surface area contributed by atoms with Crippen LogP contribution in [0.1, 0.15) is 5.76 Å². The second-order valence-corrected chi connectivity index (χ2v) is 7.30. The zero-order valence-electron chi connectivity index (χ0n) is 12.3. The van der Waals surface area contributed by atoms with E-state index in [1.807, 2.05) is 17.0 Å². The monoisotopic (exact) mass is 455 g/mol. The van der Waals surface area contributed by atoms with Crippen molar-refractivity contribution in [1.29, 1.82) is 0 Å². The summed E-state index contributed by atoms with van der Waals surface area (Å²) in [5.74, 6) is 0.329. The minimum Gasteiger partial charge on any atom is -0.451 e. The minimum atomic E-state index is -0.308. The summed E-state index contributed by atoms with van der Waals surface area (Å²) in [5.41, 5.74) is 0.583. The highest BCUT2D eigenvalue weighted by Gasteiger charge is 2.16. The van der Waals surface area contributed by atoms with Crippen molar-refractivity contribution in [1.82, 2.24) is 4.57 Å². The number of anilines is 1. The lowest BCUT2D eigenvalue weighted by atomic mass is 10.3. The van der Waals surface area contributed by atoms with Gasteiger partial charge in [-0.15, -0.1) is 0 Å². The van der Waals surface area contributed by atoms with Gasteiger partial charge in [-0.1, -0.05) is 17.4 Å². The van der Waals surface area contributed by atoms with Crippen molar-refractivity contribution in [2.24, 2.45) is 4.99 Å². The molecule has 4 rings (SSSR count). The Morgan fingerprint density at radius 2 is 2.21 bits per heavy atom. The van der Waals surface area contributed by atoms with Crippen molar-refractivity contribution in [2.75, 3.05) is 11.6 Å². The summed E-state index contributed by atoms with van der Waals surface area (Å²) in [5, 5.41) is 0. The van der Waals surface area contributed by atoms with Gasteiger partial charge in [0.25, 0.3) is 5.56 Å². The smallest absolute Gasteiger partial charge is 0.271 e. The van der Waals surface area contributed by atoms with Crippen LogP contribution in [0.15, 0.2) is 50.6 Å². The van der Waals surface area contributed by atoms with E-state index in [2.05, 4.69) is 27.6 Å². The highest BCUT2D eigenvalue weighted by Crippen LogP contribution is 2.16. The fourth-order valence-electron chi connectivity index (χ4n) is 2.48. The molecule has 0 N–H and O–H groups in total. The van der Waals surface area contributed by atoms with Gasteiger partial charge in [-0.2, -0.15) is 0 Å². The van der Waals surface area contributed by atoms with Crippen LogP contribution in [0.4, 0.5) is 10.1 Å². The third-order valence-corrected chi connectivity index (χ3v) is 5.24. The number of fused-ring (bicyclic) bond motifs is 1.